The molecular formula is C12H24N2O2. The number of likely N-dealkylation sites (tertiary alicyclic amines) is 1. The van der Waals surface area contributed by atoms with Crippen molar-refractivity contribution in [2.75, 3.05) is 26.7 Å². The Morgan fingerprint density at radius 1 is 1.62 bits per heavy atom. The second kappa shape index (κ2) is 6.21. The Morgan fingerprint density at radius 3 is 2.88 bits per heavy atom. The van der Waals surface area contributed by atoms with Gasteiger partial charge in [-0.15, -0.1) is 0 Å². The van der Waals surface area contributed by atoms with Crippen molar-refractivity contribution in [3.63, 3.8) is 0 Å². The summed E-state index contributed by atoms with van der Waals surface area (Å²) in [4.78, 5) is 15.3. The van der Waals surface area contributed by atoms with Crippen LogP contribution in [0.1, 0.15) is 33.1 Å². The molecule has 0 aromatic carbocycles. The lowest BCUT2D eigenvalue weighted by molar-refractivity contribution is -0.138. The molecule has 2 atom stereocenters. The molecule has 0 bridgehead atoms. The third kappa shape index (κ3) is 3.76. The Labute approximate surface area is 98.2 Å². The molecular weight excluding hydrogens is 204 g/mol. The molecule has 4 heteroatoms. The van der Waals surface area contributed by atoms with Crippen LogP contribution in [0, 0.1) is 0 Å². The van der Waals surface area contributed by atoms with Gasteiger partial charge >= 0.3 is 5.97 Å². The van der Waals surface area contributed by atoms with E-state index in [1.165, 1.54) is 19.4 Å². The molecule has 0 amide bonds. The Hall–Kier alpha value is -0.610. The van der Waals surface area contributed by atoms with E-state index in [0.717, 1.165) is 13.1 Å². The van der Waals surface area contributed by atoms with Crippen molar-refractivity contribution in [1.82, 2.24) is 9.80 Å². The average molecular weight is 228 g/mol. The minimum Gasteiger partial charge on any atom is -0.481 e. The maximum atomic E-state index is 10.6. The van der Waals surface area contributed by atoms with E-state index >= 15 is 0 Å². The number of nitrogens with zero attached hydrogens (tertiary/aromatic N) is 2. The Morgan fingerprint density at radius 2 is 2.31 bits per heavy atom. The number of hydrogen-bond donors (Lipinski definition) is 1. The number of hydrogen-bond acceptors (Lipinski definition) is 3. The zero-order chi connectivity index (χ0) is 12.1. The van der Waals surface area contributed by atoms with E-state index in [4.69, 9.17) is 5.11 Å². The molecule has 0 aromatic rings. The van der Waals surface area contributed by atoms with Crippen LogP contribution in [0.3, 0.4) is 0 Å². The topological polar surface area (TPSA) is 43.8 Å². The van der Waals surface area contributed by atoms with Gasteiger partial charge in [-0.3, -0.25) is 9.69 Å². The standard InChI is InChI=1S/C12H24N2O2/c1-4-14-7-5-6-11(14)9-13(3)10(2)8-12(15)16/h10-11H,4-9H2,1-3H3,(H,15,16). The molecule has 0 radical (unpaired) electrons. The second-order valence-corrected chi connectivity index (χ2v) is 4.81. The summed E-state index contributed by atoms with van der Waals surface area (Å²) >= 11 is 0. The van der Waals surface area contributed by atoms with Gasteiger partial charge in [0.1, 0.15) is 0 Å². The molecule has 1 saturated heterocycles. The van der Waals surface area contributed by atoms with Gasteiger partial charge in [0.2, 0.25) is 0 Å². The average Bonchev–Trinajstić information content (AvgIpc) is 2.64. The number of likely N-dealkylation sites (N-methyl/N-ethyl adjacent to an activating group) is 2. The normalized spacial score (nSPS) is 23.9. The SMILES string of the molecule is CCN1CCCC1CN(C)C(C)CC(=O)O. The number of carboxylic acid groups (broad SMARTS) is 1. The van der Waals surface area contributed by atoms with Crippen molar-refractivity contribution < 1.29 is 9.90 Å². The summed E-state index contributed by atoms with van der Waals surface area (Å²) in [6.07, 6.45) is 2.76. The highest BCUT2D eigenvalue weighted by Gasteiger charge is 2.25. The van der Waals surface area contributed by atoms with Gasteiger partial charge in [0.05, 0.1) is 6.42 Å². The zero-order valence-electron chi connectivity index (χ0n) is 10.6. The summed E-state index contributed by atoms with van der Waals surface area (Å²) in [7, 11) is 2.03. The fourth-order valence-electron chi connectivity index (χ4n) is 2.44. The Bertz CT molecular complexity index is 233. The van der Waals surface area contributed by atoms with Crippen molar-refractivity contribution in [3.8, 4) is 0 Å². The van der Waals surface area contributed by atoms with Gasteiger partial charge in [-0.25, -0.2) is 0 Å². The molecule has 1 N–H and O–H groups in total. The van der Waals surface area contributed by atoms with Gasteiger partial charge in [0.15, 0.2) is 0 Å². The van der Waals surface area contributed by atoms with Crippen LogP contribution in [0.4, 0.5) is 0 Å². The van der Waals surface area contributed by atoms with Gasteiger partial charge in [0, 0.05) is 18.6 Å². The predicted octanol–water partition coefficient (Wildman–Crippen LogP) is 1.27. The summed E-state index contributed by atoms with van der Waals surface area (Å²) in [6.45, 7) is 7.47. The molecule has 1 fully saturated rings. The third-order valence-corrected chi connectivity index (χ3v) is 3.63. The quantitative estimate of drug-likeness (QED) is 0.743. The van der Waals surface area contributed by atoms with Crippen molar-refractivity contribution in [1.29, 1.82) is 0 Å². The summed E-state index contributed by atoms with van der Waals surface area (Å²) in [5.74, 6) is -0.710. The number of aliphatic carboxylic acids is 1. The number of carbonyl (C=O) groups is 1. The van der Waals surface area contributed by atoms with Crippen LogP contribution < -0.4 is 0 Å². The molecule has 0 saturated carbocycles. The molecule has 1 rings (SSSR count). The van der Waals surface area contributed by atoms with E-state index in [0.29, 0.717) is 6.04 Å². The first-order valence-electron chi connectivity index (χ1n) is 6.20. The predicted molar refractivity (Wildman–Crippen MR) is 64.6 cm³/mol. The van der Waals surface area contributed by atoms with E-state index in [1.54, 1.807) is 0 Å². The van der Waals surface area contributed by atoms with Crippen LogP contribution in [0.15, 0.2) is 0 Å². The van der Waals surface area contributed by atoms with Gasteiger partial charge in [-0.1, -0.05) is 6.92 Å². The monoisotopic (exact) mass is 228 g/mol. The lowest BCUT2D eigenvalue weighted by Gasteiger charge is -2.30. The smallest absolute Gasteiger partial charge is 0.304 e. The van der Waals surface area contributed by atoms with Crippen LogP contribution >= 0.6 is 0 Å². The van der Waals surface area contributed by atoms with Gasteiger partial charge in [0.25, 0.3) is 0 Å². The van der Waals surface area contributed by atoms with Crippen LogP contribution in [0.5, 0.6) is 0 Å². The molecule has 0 spiro atoms. The molecule has 94 valence electrons. The Kier molecular flexibility index (Phi) is 5.22. The molecule has 0 aromatic heterocycles. The zero-order valence-corrected chi connectivity index (χ0v) is 10.6. The van der Waals surface area contributed by atoms with Crippen LogP contribution in [-0.4, -0.2) is 59.6 Å². The maximum Gasteiger partial charge on any atom is 0.304 e. The highest BCUT2D eigenvalue weighted by Crippen LogP contribution is 2.18. The summed E-state index contributed by atoms with van der Waals surface area (Å²) in [5.41, 5.74) is 0. The molecule has 2 unspecified atom stereocenters. The van der Waals surface area contributed by atoms with E-state index in [2.05, 4.69) is 16.7 Å². The van der Waals surface area contributed by atoms with Gasteiger partial charge in [-0.2, -0.15) is 0 Å². The van der Waals surface area contributed by atoms with Crippen LogP contribution in [0.2, 0.25) is 0 Å². The molecule has 0 aliphatic carbocycles. The first kappa shape index (κ1) is 13.5. The van der Waals surface area contributed by atoms with Crippen molar-refractivity contribution in [3.05, 3.63) is 0 Å². The largest absolute Gasteiger partial charge is 0.481 e. The van der Waals surface area contributed by atoms with Gasteiger partial charge < -0.3 is 10.0 Å². The fraction of sp³-hybridized carbons (Fsp3) is 0.917. The third-order valence-electron chi connectivity index (χ3n) is 3.63. The van der Waals surface area contributed by atoms with E-state index in [-0.39, 0.29) is 12.5 Å². The van der Waals surface area contributed by atoms with E-state index in [1.807, 2.05) is 14.0 Å². The molecule has 1 aliphatic heterocycles. The molecule has 1 heterocycles. The summed E-state index contributed by atoms with van der Waals surface area (Å²) in [5, 5.41) is 8.75. The number of carboxylic acids is 1. The first-order valence-corrected chi connectivity index (χ1v) is 6.20. The minimum atomic E-state index is -0.710. The highest BCUT2D eigenvalue weighted by molar-refractivity contribution is 5.67. The highest BCUT2D eigenvalue weighted by atomic mass is 16.4. The number of rotatable bonds is 6. The van der Waals surface area contributed by atoms with Crippen molar-refractivity contribution in [2.24, 2.45) is 0 Å². The van der Waals surface area contributed by atoms with Crippen molar-refractivity contribution in [2.45, 2.75) is 45.2 Å². The first-order chi connectivity index (χ1) is 7.54. The molecule has 1 aliphatic rings. The van der Waals surface area contributed by atoms with E-state index in [9.17, 15) is 4.79 Å². The summed E-state index contributed by atoms with van der Waals surface area (Å²) in [6, 6.07) is 0.739. The molecule has 16 heavy (non-hydrogen) atoms. The maximum absolute atomic E-state index is 10.6. The fourth-order valence-corrected chi connectivity index (χ4v) is 2.44. The van der Waals surface area contributed by atoms with Crippen molar-refractivity contribution >= 4 is 5.97 Å². The Balaban J connectivity index is 2.37. The van der Waals surface area contributed by atoms with Crippen LogP contribution in [-0.2, 0) is 4.79 Å². The van der Waals surface area contributed by atoms with Gasteiger partial charge in [-0.05, 0) is 39.9 Å². The van der Waals surface area contributed by atoms with Crippen LogP contribution in [0.25, 0.3) is 0 Å². The lowest BCUT2D eigenvalue weighted by atomic mass is 10.1. The summed E-state index contributed by atoms with van der Waals surface area (Å²) < 4.78 is 0. The lowest BCUT2D eigenvalue weighted by Crippen LogP contribution is -2.42. The minimum absolute atomic E-state index is 0.122. The second-order valence-electron chi connectivity index (χ2n) is 4.81. The van der Waals surface area contributed by atoms with E-state index < -0.39 is 5.97 Å². The molecule has 4 nitrogen and oxygen atoms in total.